The average molecular weight is 458 g/mol. The molecule has 0 aliphatic heterocycles. The second kappa shape index (κ2) is 8.12. The molecule has 0 saturated carbocycles. The maximum absolute atomic E-state index is 13.0. The van der Waals surface area contributed by atoms with Crippen LogP contribution in [0.2, 0.25) is 0 Å². The number of hydrogen-bond donors (Lipinski definition) is 1. The average Bonchev–Trinajstić information content (AvgIpc) is 3.29. The summed E-state index contributed by atoms with van der Waals surface area (Å²) in [4.78, 5) is 32.8. The number of aromatic nitrogens is 2. The number of rotatable bonds is 5. The van der Waals surface area contributed by atoms with Crippen molar-refractivity contribution >= 4 is 54.2 Å². The molecule has 0 atom stereocenters. The molecule has 0 bridgehead atoms. The summed E-state index contributed by atoms with van der Waals surface area (Å²) in [7, 11) is -3.41. The Hall–Kier alpha value is -3.24. The van der Waals surface area contributed by atoms with Crippen molar-refractivity contribution < 1.29 is 22.7 Å². The number of amides is 1. The molecule has 1 N–H and O–H groups in total. The Balaban J connectivity index is 1.88. The number of para-hydroxylation sites is 1. The van der Waals surface area contributed by atoms with Crippen molar-refractivity contribution in [1.29, 1.82) is 0 Å². The lowest BCUT2D eigenvalue weighted by Crippen LogP contribution is -2.23. The van der Waals surface area contributed by atoms with Gasteiger partial charge in [0.05, 0.1) is 27.3 Å². The van der Waals surface area contributed by atoms with Gasteiger partial charge in [-0.1, -0.05) is 29.5 Å². The molecular weight excluding hydrogens is 438 g/mol. The number of nitrogens with zero attached hydrogens (tertiary/aromatic N) is 2. The summed E-state index contributed by atoms with van der Waals surface area (Å²) in [5.74, 6) is -0.944. The van der Waals surface area contributed by atoms with Crippen LogP contribution in [0.15, 0.2) is 58.5 Å². The second-order valence-electron chi connectivity index (χ2n) is 6.84. The predicted molar refractivity (Wildman–Crippen MR) is 118 cm³/mol. The number of fused-ring (bicyclic) bond motifs is 2. The first-order valence-corrected chi connectivity index (χ1v) is 12.1. The minimum Gasteiger partial charge on any atom is -0.465 e. The first-order valence-electron chi connectivity index (χ1n) is 9.42. The molecule has 0 saturated heterocycles. The van der Waals surface area contributed by atoms with Gasteiger partial charge in [0.1, 0.15) is 6.54 Å². The molecule has 0 spiro atoms. The van der Waals surface area contributed by atoms with Gasteiger partial charge in [0.2, 0.25) is 0 Å². The Kier molecular flexibility index (Phi) is 5.50. The lowest BCUT2D eigenvalue weighted by Gasteiger charge is -2.05. The van der Waals surface area contributed by atoms with Crippen LogP contribution in [0, 0.1) is 0 Å². The predicted octanol–water partition coefficient (Wildman–Crippen LogP) is 2.89. The molecule has 0 aliphatic carbocycles. The fourth-order valence-corrected chi connectivity index (χ4v) is 5.04. The van der Waals surface area contributed by atoms with E-state index in [1.165, 1.54) is 12.1 Å². The standard InChI is InChI=1S/C21H19N3O5S2/c1-3-29-19(25)12-24-17-9-8-13(31(2,27)28)10-18(17)30-21(24)23-20(26)15-11-22-16-7-5-4-6-14(15)16/h4-11,22H,3,12H2,1-2H3. The zero-order chi connectivity index (χ0) is 22.2. The number of aromatic amines is 1. The summed E-state index contributed by atoms with van der Waals surface area (Å²) in [5, 5.41) is 0.744. The number of thiazole rings is 1. The smallest absolute Gasteiger partial charge is 0.326 e. The van der Waals surface area contributed by atoms with E-state index in [1.807, 2.05) is 24.3 Å². The van der Waals surface area contributed by atoms with Gasteiger partial charge in [-0.2, -0.15) is 4.99 Å². The van der Waals surface area contributed by atoms with Crippen molar-refractivity contribution in [3.8, 4) is 0 Å². The van der Waals surface area contributed by atoms with Gasteiger partial charge < -0.3 is 14.3 Å². The second-order valence-corrected chi connectivity index (χ2v) is 9.87. The maximum atomic E-state index is 13.0. The van der Waals surface area contributed by atoms with Crippen molar-refractivity contribution in [2.45, 2.75) is 18.4 Å². The lowest BCUT2D eigenvalue weighted by atomic mass is 10.2. The Morgan fingerprint density at radius 1 is 1.19 bits per heavy atom. The van der Waals surface area contributed by atoms with Crippen LogP contribution in [-0.2, 0) is 25.9 Å². The van der Waals surface area contributed by atoms with Gasteiger partial charge in [-0.25, -0.2) is 8.42 Å². The van der Waals surface area contributed by atoms with Crippen LogP contribution in [0.25, 0.3) is 21.1 Å². The fourth-order valence-electron chi connectivity index (χ4n) is 3.25. The van der Waals surface area contributed by atoms with Gasteiger partial charge >= 0.3 is 5.97 Å². The summed E-state index contributed by atoms with van der Waals surface area (Å²) >= 11 is 1.14. The number of esters is 1. The molecule has 0 aliphatic rings. The molecule has 4 aromatic rings. The molecule has 31 heavy (non-hydrogen) atoms. The number of nitrogens with one attached hydrogen (secondary N) is 1. The van der Waals surface area contributed by atoms with E-state index in [9.17, 15) is 18.0 Å². The normalized spacial score (nSPS) is 12.5. The number of hydrogen-bond acceptors (Lipinski definition) is 6. The summed E-state index contributed by atoms with van der Waals surface area (Å²) in [6, 6.07) is 12.0. The Morgan fingerprint density at radius 3 is 2.71 bits per heavy atom. The quantitative estimate of drug-likeness (QED) is 0.463. The summed E-state index contributed by atoms with van der Waals surface area (Å²) in [5.41, 5.74) is 1.82. The van der Waals surface area contributed by atoms with Crippen molar-refractivity contribution in [2.75, 3.05) is 12.9 Å². The van der Waals surface area contributed by atoms with Gasteiger partial charge in [0.25, 0.3) is 5.91 Å². The monoisotopic (exact) mass is 457 g/mol. The van der Waals surface area contributed by atoms with Crippen LogP contribution in [0.3, 0.4) is 0 Å². The molecule has 2 aromatic carbocycles. The molecule has 0 fully saturated rings. The van der Waals surface area contributed by atoms with Crippen molar-refractivity contribution in [2.24, 2.45) is 4.99 Å². The van der Waals surface area contributed by atoms with Gasteiger partial charge in [0, 0.05) is 23.4 Å². The number of H-pyrrole nitrogens is 1. The van der Waals surface area contributed by atoms with Crippen LogP contribution in [0.4, 0.5) is 0 Å². The fraction of sp³-hybridized carbons (Fsp3) is 0.190. The molecule has 4 rings (SSSR count). The Bertz CT molecular complexity index is 1490. The number of carbonyl (C=O) groups excluding carboxylic acids is 2. The third kappa shape index (κ3) is 4.17. The van der Waals surface area contributed by atoms with E-state index < -0.39 is 21.7 Å². The van der Waals surface area contributed by atoms with Crippen LogP contribution in [0.5, 0.6) is 0 Å². The zero-order valence-electron chi connectivity index (χ0n) is 16.8. The highest BCUT2D eigenvalue weighted by molar-refractivity contribution is 7.90. The number of ether oxygens (including phenoxy) is 1. The molecule has 8 nitrogen and oxygen atoms in total. The molecule has 1 amide bonds. The number of carbonyl (C=O) groups is 2. The van der Waals surface area contributed by atoms with Gasteiger partial charge in [-0.05, 0) is 31.2 Å². The minimum absolute atomic E-state index is 0.147. The van der Waals surface area contributed by atoms with Gasteiger partial charge in [0.15, 0.2) is 14.6 Å². The van der Waals surface area contributed by atoms with Crippen LogP contribution in [0.1, 0.15) is 17.3 Å². The van der Waals surface area contributed by atoms with E-state index in [0.29, 0.717) is 15.8 Å². The maximum Gasteiger partial charge on any atom is 0.326 e. The van der Waals surface area contributed by atoms with Crippen LogP contribution < -0.4 is 4.80 Å². The van der Waals surface area contributed by atoms with E-state index >= 15 is 0 Å². The molecule has 2 heterocycles. The molecule has 160 valence electrons. The van der Waals surface area contributed by atoms with E-state index in [1.54, 1.807) is 23.8 Å². The largest absolute Gasteiger partial charge is 0.465 e. The molecule has 0 unspecified atom stereocenters. The molecule has 0 radical (unpaired) electrons. The summed E-state index contributed by atoms with van der Waals surface area (Å²) < 4.78 is 31.1. The summed E-state index contributed by atoms with van der Waals surface area (Å²) in [6.45, 7) is 1.78. The Morgan fingerprint density at radius 2 is 1.97 bits per heavy atom. The van der Waals surface area contributed by atoms with Gasteiger partial charge in [-0.3, -0.25) is 9.59 Å². The van der Waals surface area contributed by atoms with Crippen molar-refractivity contribution in [3.05, 3.63) is 59.0 Å². The highest BCUT2D eigenvalue weighted by atomic mass is 32.2. The van der Waals surface area contributed by atoms with E-state index in [-0.39, 0.29) is 22.8 Å². The molecule has 2 aromatic heterocycles. The number of benzene rings is 2. The van der Waals surface area contributed by atoms with E-state index in [4.69, 9.17) is 4.74 Å². The minimum atomic E-state index is -3.41. The molecule has 10 heteroatoms. The molecular formula is C21H19N3O5S2. The topological polar surface area (TPSA) is 111 Å². The zero-order valence-corrected chi connectivity index (χ0v) is 18.4. The van der Waals surface area contributed by atoms with Crippen LogP contribution >= 0.6 is 11.3 Å². The highest BCUT2D eigenvalue weighted by Crippen LogP contribution is 2.23. The first kappa shape index (κ1) is 21.0. The van der Waals surface area contributed by atoms with Crippen LogP contribution in [-0.4, -0.2) is 42.7 Å². The third-order valence-electron chi connectivity index (χ3n) is 4.69. The Labute approximate surface area is 181 Å². The van der Waals surface area contributed by atoms with E-state index in [2.05, 4.69) is 9.98 Å². The van der Waals surface area contributed by atoms with Gasteiger partial charge in [-0.15, -0.1) is 0 Å². The van der Waals surface area contributed by atoms with Crippen molar-refractivity contribution in [3.63, 3.8) is 0 Å². The highest BCUT2D eigenvalue weighted by Gasteiger charge is 2.17. The van der Waals surface area contributed by atoms with Crippen molar-refractivity contribution in [1.82, 2.24) is 9.55 Å². The lowest BCUT2D eigenvalue weighted by molar-refractivity contribution is -0.143. The van der Waals surface area contributed by atoms with E-state index in [0.717, 1.165) is 28.5 Å². The number of sulfone groups is 1. The summed E-state index contributed by atoms with van der Waals surface area (Å²) in [6.07, 6.45) is 2.72. The third-order valence-corrected chi connectivity index (χ3v) is 6.84. The first-order chi connectivity index (χ1) is 14.8. The SMILES string of the molecule is CCOC(=O)Cn1c(=NC(=O)c2c[nH]c3ccccc23)sc2cc(S(C)(=O)=O)ccc21.